The van der Waals surface area contributed by atoms with Gasteiger partial charge in [0.25, 0.3) is 0 Å². The lowest BCUT2D eigenvalue weighted by atomic mass is 10.0. The number of rotatable bonds is 5. The highest BCUT2D eigenvalue weighted by molar-refractivity contribution is 6.14. The molecule has 0 saturated heterocycles. The van der Waals surface area contributed by atoms with Crippen LogP contribution in [0.5, 0.6) is 11.5 Å². The number of fused-ring (bicyclic) bond motifs is 2. The predicted octanol–water partition coefficient (Wildman–Crippen LogP) is 3.97. The van der Waals surface area contributed by atoms with Crippen molar-refractivity contribution in [1.29, 1.82) is 0 Å². The summed E-state index contributed by atoms with van der Waals surface area (Å²) in [5.41, 5.74) is 1.93. The fraction of sp³-hybridized carbons (Fsp3) is 0.263. The predicted molar refractivity (Wildman–Crippen MR) is 92.9 cm³/mol. The van der Waals surface area contributed by atoms with Gasteiger partial charge in [0, 0.05) is 10.8 Å². The maximum absolute atomic E-state index is 12.7. The van der Waals surface area contributed by atoms with Crippen LogP contribution in [0.3, 0.4) is 0 Å². The van der Waals surface area contributed by atoms with Crippen molar-refractivity contribution < 1.29 is 19.0 Å². The van der Waals surface area contributed by atoms with Gasteiger partial charge in [-0.05, 0) is 42.8 Å². The molecule has 124 valence electrons. The van der Waals surface area contributed by atoms with Gasteiger partial charge in [0.2, 0.25) is 0 Å². The van der Waals surface area contributed by atoms with E-state index in [1.807, 2.05) is 43.3 Å². The molecule has 3 aromatic rings. The Kier molecular flexibility index (Phi) is 4.51. The number of pyridine rings is 1. The monoisotopic (exact) mass is 325 g/mol. The third-order valence-electron chi connectivity index (χ3n) is 3.83. The van der Waals surface area contributed by atoms with Crippen LogP contribution in [0.25, 0.3) is 21.8 Å². The van der Waals surface area contributed by atoms with Crippen LogP contribution in [0.15, 0.2) is 36.4 Å². The molecule has 24 heavy (non-hydrogen) atoms. The van der Waals surface area contributed by atoms with Crippen LogP contribution in [0.1, 0.15) is 23.7 Å². The second-order valence-corrected chi connectivity index (χ2v) is 5.39. The molecule has 0 atom stereocenters. The van der Waals surface area contributed by atoms with Crippen LogP contribution in [-0.4, -0.2) is 31.8 Å². The summed E-state index contributed by atoms with van der Waals surface area (Å²) in [5, 5.41) is 1.41. The van der Waals surface area contributed by atoms with Crippen molar-refractivity contribution in [3.8, 4) is 11.5 Å². The first-order valence-electron chi connectivity index (χ1n) is 7.80. The van der Waals surface area contributed by atoms with E-state index in [1.165, 1.54) is 0 Å². The van der Waals surface area contributed by atoms with Gasteiger partial charge in [0.15, 0.2) is 0 Å². The lowest BCUT2D eigenvalue weighted by Gasteiger charge is -2.12. The van der Waals surface area contributed by atoms with Crippen LogP contribution in [0.4, 0.5) is 0 Å². The molecule has 0 N–H and O–H groups in total. The third kappa shape index (κ3) is 2.85. The van der Waals surface area contributed by atoms with Crippen molar-refractivity contribution >= 4 is 27.8 Å². The Bertz CT molecular complexity index is 843. The molecule has 0 radical (unpaired) electrons. The standard InChI is InChI=1S/C19H19NO4/c1-4-9-24-19(21)18-14-10-12(22-2)5-7-16(14)20-17-8-6-13(23-3)11-15(17)18/h5-8,10-11H,4,9H2,1-3H3. The molecule has 1 heterocycles. The quantitative estimate of drug-likeness (QED) is 0.525. The topological polar surface area (TPSA) is 57.7 Å². The van der Waals surface area contributed by atoms with Gasteiger partial charge < -0.3 is 14.2 Å². The number of nitrogens with zero attached hydrogens (tertiary/aromatic N) is 1. The first-order valence-corrected chi connectivity index (χ1v) is 7.80. The van der Waals surface area contributed by atoms with Gasteiger partial charge in [-0.15, -0.1) is 0 Å². The zero-order chi connectivity index (χ0) is 17.1. The van der Waals surface area contributed by atoms with Crippen molar-refractivity contribution in [3.63, 3.8) is 0 Å². The minimum Gasteiger partial charge on any atom is -0.497 e. The molecule has 5 heteroatoms. The van der Waals surface area contributed by atoms with Gasteiger partial charge in [0.05, 0.1) is 37.4 Å². The van der Waals surface area contributed by atoms with Gasteiger partial charge in [-0.1, -0.05) is 6.92 Å². The van der Waals surface area contributed by atoms with Crippen molar-refractivity contribution in [2.24, 2.45) is 0 Å². The molecule has 0 amide bonds. The number of methoxy groups -OCH3 is 2. The van der Waals surface area contributed by atoms with Crippen molar-refractivity contribution in [2.45, 2.75) is 13.3 Å². The normalized spacial score (nSPS) is 10.8. The van der Waals surface area contributed by atoms with Crippen LogP contribution in [0, 0.1) is 0 Å². The van der Waals surface area contributed by atoms with E-state index < -0.39 is 0 Å². The number of benzene rings is 2. The number of carbonyl (C=O) groups is 1. The van der Waals surface area contributed by atoms with Crippen LogP contribution >= 0.6 is 0 Å². The number of ether oxygens (including phenoxy) is 3. The molecule has 0 aliphatic heterocycles. The average Bonchev–Trinajstić information content (AvgIpc) is 2.63. The van der Waals surface area contributed by atoms with Crippen LogP contribution < -0.4 is 9.47 Å². The first-order chi connectivity index (χ1) is 11.7. The number of aromatic nitrogens is 1. The summed E-state index contributed by atoms with van der Waals surface area (Å²) in [4.78, 5) is 17.3. The molecular formula is C19H19NO4. The molecule has 0 spiro atoms. The molecule has 0 fully saturated rings. The van der Waals surface area contributed by atoms with Gasteiger partial charge in [0.1, 0.15) is 11.5 Å². The molecule has 2 aromatic carbocycles. The summed E-state index contributed by atoms with van der Waals surface area (Å²) in [5.74, 6) is 0.961. The Balaban J connectivity index is 2.34. The van der Waals surface area contributed by atoms with Crippen molar-refractivity contribution in [2.75, 3.05) is 20.8 Å². The SMILES string of the molecule is CCCOC(=O)c1c2cc(OC)ccc2nc2ccc(OC)cc12. The summed E-state index contributed by atoms with van der Waals surface area (Å²) in [6.45, 7) is 2.33. The highest BCUT2D eigenvalue weighted by Crippen LogP contribution is 2.31. The maximum Gasteiger partial charge on any atom is 0.339 e. The second kappa shape index (κ2) is 6.74. The summed E-state index contributed by atoms with van der Waals surface area (Å²) in [6.07, 6.45) is 0.763. The van der Waals surface area contributed by atoms with E-state index in [-0.39, 0.29) is 5.97 Å². The lowest BCUT2D eigenvalue weighted by molar-refractivity contribution is 0.0509. The molecule has 0 bridgehead atoms. The Labute approximate surface area is 140 Å². The third-order valence-corrected chi connectivity index (χ3v) is 3.83. The summed E-state index contributed by atoms with van der Waals surface area (Å²) in [6, 6.07) is 11.0. The summed E-state index contributed by atoms with van der Waals surface area (Å²) >= 11 is 0. The minimum absolute atomic E-state index is 0.365. The maximum atomic E-state index is 12.7. The van der Waals surface area contributed by atoms with E-state index in [1.54, 1.807) is 14.2 Å². The van der Waals surface area contributed by atoms with Crippen molar-refractivity contribution in [3.05, 3.63) is 42.0 Å². The molecule has 5 nitrogen and oxygen atoms in total. The van der Waals surface area contributed by atoms with Crippen molar-refractivity contribution in [1.82, 2.24) is 4.98 Å². The fourth-order valence-electron chi connectivity index (χ4n) is 2.64. The molecule has 0 unspecified atom stereocenters. The van der Waals surface area contributed by atoms with Gasteiger partial charge >= 0.3 is 5.97 Å². The Morgan fingerprint density at radius 3 is 1.96 bits per heavy atom. The Morgan fingerprint density at radius 2 is 1.50 bits per heavy atom. The fourth-order valence-corrected chi connectivity index (χ4v) is 2.64. The zero-order valence-electron chi connectivity index (χ0n) is 14.0. The van der Waals surface area contributed by atoms with Gasteiger partial charge in [-0.25, -0.2) is 9.78 Å². The number of esters is 1. The zero-order valence-corrected chi connectivity index (χ0v) is 14.0. The van der Waals surface area contributed by atoms with Gasteiger partial charge in [-0.3, -0.25) is 0 Å². The number of hydrogen-bond acceptors (Lipinski definition) is 5. The molecule has 0 aliphatic carbocycles. The minimum atomic E-state index is -0.365. The van der Waals surface area contributed by atoms with E-state index in [0.29, 0.717) is 34.4 Å². The smallest absolute Gasteiger partial charge is 0.339 e. The highest BCUT2D eigenvalue weighted by Gasteiger charge is 2.18. The average molecular weight is 325 g/mol. The van der Waals surface area contributed by atoms with Crippen LogP contribution in [-0.2, 0) is 4.74 Å². The lowest BCUT2D eigenvalue weighted by Crippen LogP contribution is -2.08. The Hall–Kier alpha value is -2.82. The molecule has 1 aromatic heterocycles. The van der Waals surface area contributed by atoms with Crippen LogP contribution in [0.2, 0.25) is 0 Å². The first kappa shape index (κ1) is 16.1. The largest absolute Gasteiger partial charge is 0.497 e. The summed E-state index contributed by atoms with van der Waals surface area (Å²) in [7, 11) is 3.18. The highest BCUT2D eigenvalue weighted by atomic mass is 16.5. The van der Waals surface area contributed by atoms with E-state index in [0.717, 1.165) is 17.5 Å². The van der Waals surface area contributed by atoms with E-state index in [4.69, 9.17) is 14.2 Å². The van der Waals surface area contributed by atoms with Gasteiger partial charge in [-0.2, -0.15) is 0 Å². The molecule has 0 saturated carbocycles. The van der Waals surface area contributed by atoms with E-state index >= 15 is 0 Å². The van der Waals surface area contributed by atoms with E-state index in [2.05, 4.69) is 4.98 Å². The van der Waals surface area contributed by atoms with E-state index in [9.17, 15) is 4.79 Å². The molecule has 0 aliphatic rings. The Morgan fingerprint density at radius 1 is 0.958 bits per heavy atom. The second-order valence-electron chi connectivity index (χ2n) is 5.39. The molecule has 3 rings (SSSR count). The number of carbonyl (C=O) groups excluding carboxylic acids is 1. The number of hydrogen-bond donors (Lipinski definition) is 0. The molecular weight excluding hydrogens is 306 g/mol. The summed E-state index contributed by atoms with van der Waals surface area (Å²) < 4.78 is 16.0.